The summed E-state index contributed by atoms with van der Waals surface area (Å²) in [4.78, 5) is 0.155. The second-order valence-electron chi connectivity index (χ2n) is 3.87. The Labute approximate surface area is 105 Å². The Balaban J connectivity index is 2.17. The van der Waals surface area contributed by atoms with E-state index in [9.17, 15) is 8.42 Å². The fourth-order valence-electron chi connectivity index (χ4n) is 1.28. The zero-order chi connectivity index (χ0) is 11.8. The van der Waals surface area contributed by atoms with Crippen LogP contribution in [-0.4, -0.2) is 15.0 Å². The average Bonchev–Trinajstić information content (AvgIpc) is 3.03. The van der Waals surface area contributed by atoms with Gasteiger partial charge in [0.25, 0.3) is 0 Å². The summed E-state index contributed by atoms with van der Waals surface area (Å²) >= 11 is 11.5. The highest BCUT2D eigenvalue weighted by Crippen LogP contribution is 2.29. The lowest BCUT2D eigenvalue weighted by Crippen LogP contribution is -2.25. The van der Waals surface area contributed by atoms with E-state index >= 15 is 0 Å². The molecule has 0 atom stereocenters. The number of halogens is 2. The third kappa shape index (κ3) is 2.88. The van der Waals surface area contributed by atoms with Crippen molar-refractivity contribution in [2.75, 3.05) is 6.54 Å². The zero-order valence-electron chi connectivity index (χ0n) is 8.41. The van der Waals surface area contributed by atoms with Crippen LogP contribution >= 0.6 is 23.2 Å². The van der Waals surface area contributed by atoms with Gasteiger partial charge in [0.1, 0.15) is 0 Å². The van der Waals surface area contributed by atoms with Gasteiger partial charge in [-0.3, -0.25) is 0 Å². The minimum absolute atomic E-state index is 0.155. The van der Waals surface area contributed by atoms with Gasteiger partial charge in [-0.2, -0.15) is 0 Å². The molecule has 0 aliphatic heterocycles. The maximum absolute atomic E-state index is 11.8. The molecule has 16 heavy (non-hydrogen) atoms. The van der Waals surface area contributed by atoms with Gasteiger partial charge in [0.15, 0.2) is 0 Å². The number of nitrogens with one attached hydrogen (secondary N) is 1. The molecule has 1 aliphatic carbocycles. The van der Waals surface area contributed by atoms with Gasteiger partial charge >= 0.3 is 0 Å². The molecule has 1 aromatic carbocycles. The normalized spacial score (nSPS) is 16.4. The molecule has 1 aromatic rings. The van der Waals surface area contributed by atoms with Crippen LogP contribution in [0.1, 0.15) is 12.8 Å². The molecule has 1 saturated carbocycles. The van der Waals surface area contributed by atoms with E-state index in [4.69, 9.17) is 23.2 Å². The van der Waals surface area contributed by atoms with E-state index in [1.54, 1.807) is 0 Å². The topological polar surface area (TPSA) is 46.2 Å². The predicted octanol–water partition coefficient (Wildman–Crippen LogP) is 2.68. The van der Waals surface area contributed by atoms with Crippen molar-refractivity contribution in [2.24, 2.45) is 5.92 Å². The van der Waals surface area contributed by atoms with Crippen molar-refractivity contribution < 1.29 is 8.42 Å². The molecule has 6 heteroatoms. The summed E-state index contributed by atoms with van der Waals surface area (Å²) in [7, 11) is -3.45. The molecule has 1 aliphatic rings. The van der Waals surface area contributed by atoms with E-state index in [0.29, 0.717) is 17.5 Å². The number of hydrogen-bond donors (Lipinski definition) is 1. The van der Waals surface area contributed by atoms with Crippen molar-refractivity contribution in [1.29, 1.82) is 0 Å². The highest BCUT2D eigenvalue weighted by atomic mass is 35.5. The number of hydrogen-bond acceptors (Lipinski definition) is 2. The molecule has 0 spiro atoms. The summed E-state index contributed by atoms with van der Waals surface area (Å²) in [6, 6.07) is 4.29. The second-order valence-corrected chi connectivity index (χ2v) is 6.45. The number of sulfonamides is 1. The molecule has 0 amide bonds. The first-order valence-electron chi connectivity index (χ1n) is 4.94. The highest BCUT2D eigenvalue weighted by molar-refractivity contribution is 7.89. The van der Waals surface area contributed by atoms with Crippen LogP contribution in [-0.2, 0) is 10.0 Å². The van der Waals surface area contributed by atoms with Crippen LogP contribution in [0.15, 0.2) is 23.1 Å². The number of rotatable bonds is 4. The van der Waals surface area contributed by atoms with Gasteiger partial charge < -0.3 is 0 Å². The van der Waals surface area contributed by atoms with E-state index in [1.165, 1.54) is 18.2 Å². The van der Waals surface area contributed by atoms with E-state index in [2.05, 4.69) is 4.72 Å². The molecule has 88 valence electrons. The molecule has 1 fully saturated rings. The highest BCUT2D eigenvalue weighted by Gasteiger charge is 2.24. The molecular formula is C10H11Cl2NO2S. The SMILES string of the molecule is O=S(=O)(NCC1CC1)c1ccc(Cl)c(Cl)c1. The van der Waals surface area contributed by atoms with E-state index in [0.717, 1.165) is 12.8 Å². The largest absolute Gasteiger partial charge is 0.240 e. The summed E-state index contributed by atoms with van der Waals surface area (Å²) in [6.45, 7) is 0.503. The zero-order valence-corrected chi connectivity index (χ0v) is 10.7. The Morgan fingerprint density at radius 1 is 1.25 bits per heavy atom. The van der Waals surface area contributed by atoms with Crippen molar-refractivity contribution in [2.45, 2.75) is 17.7 Å². The summed E-state index contributed by atoms with van der Waals surface area (Å²) in [5.74, 6) is 0.498. The summed E-state index contributed by atoms with van der Waals surface area (Å²) < 4.78 is 26.2. The molecular weight excluding hydrogens is 269 g/mol. The number of benzene rings is 1. The molecule has 0 aromatic heterocycles. The minimum atomic E-state index is -3.45. The molecule has 0 heterocycles. The standard InChI is InChI=1S/C10H11Cl2NO2S/c11-9-4-3-8(5-10(9)12)16(14,15)13-6-7-1-2-7/h3-5,7,13H,1-2,6H2. The lowest BCUT2D eigenvalue weighted by molar-refractivity contribution is 0.577. The van der Waals surface area contributed by atoms with Gasteiger partial charge in [-0.15, -0.1) is 0 Å². The third-order valence-corrected chi connectivity index (χ3v) is 4.62. The Hall–Kier alpha value is -0.290. The summed E-state index contributed by atoms with van der Waals surface area (Å²) in [6.07, 6.45) is 2.20. The average molecular weight is 280 g/mol. The first kappa shape index (κ1) is 12.2. The fourth-order valence-corrected chi connectivity index (χ4v) is 2.78. The monoisotopic (exact) mass is 279 g/mol. The van der Waals surface area contributed by atoms with Crippen LogP contribution < -0.4 is 4.72 Å². The molecule has 0 saturated heterocycles. The van der Waals surface area contributed by atoms with E-state index in [1.807, 2.05) is 0 Å². The van der Waals surface area contributed by atoms with Gasteiger partial charge in [-0.25, -0.2) is 13.1 Å². The van der Waals surface area contributed by atoms with E-state index < -0.39 is 10.0 Å². The first-order valence-corrected chi connectivity index (χ1v) is 7.17. The molecule has 0 unspecified atom stereocenters. The first-order chi connectivity index (χ1) is 7.49. The summed E-state index contributed by atoms with van der Waals surface area (Å²) in [5.41, 5.74) is 0. The van der Waals surface area contributed by atoms with Gasteiger partial charge in [0.2, 0.25) is 10.0 Å². The van der Waals surface area contributed by atoms with E-state index in [-0.39, 0.29) is 9.92 Å². The maximum Gasteiger partial charge on any atom is 0.240 e. The summed E-state index contributed by atoms with van der Waals surface area (Å²) in [5, 5.41) is 0.596. The van der Waals surface area contributed by atoms with Crippen LogP contribution in [0.3, 0.4) is 0 Å². The Bertz CT molecular complexity index is 498. The van der Waals surface area contributed by atoms with Crippen molar-refractivity contribution >= 4 is 33.2 Å². The van der Waals surface area contributed by atoms with Gasteiger partial charge in [0.05, 0.1) is 14.9 Å². The van der Waals surface area contributed by atoms with Gasteiger partial charge in [0, 0.05) is 6.54 Å². The van der Waals surface area contributed by atoms with Gasteiger partial charge in [-0.05, 0) is 37.0 Å². The van der Waals surface area contributed by atoms with Crippen LogP contribution in [0.2, 0.25) is 10.0 Å². The lowest BCUT2D eigenvalue weighted by Gasteiger charge is -2.06. The predicted molar refractivity (Wildman–Crippen MR) is 64.4 cm³/mol. The van der Waals surface area contributed by atoms with Crippen molar-refractivity contribution in [3.8, 4) is 0 Å². The van der Waals surface area contributed by atoms with Crippen molar-refractivity contribution in [3.05, 3.63) is 28.2 Å². The maximum atomic E-state index is 11.8. The Morgan fingerprint density at radius 2 is 1.94 bits per heavy atom. The van der Waals surface area contributed by atoms with Crippen molar-refractivity contribution in [3.63, 3.8) is 0 Å². The third-order valence-electron chi connectivity index (χ3n) is 2.46. The van der Waals surface area contributed by atoms with Crippen LogP contribution in [0.25, 0.3) is 0 Å². The molecule has 3 nitrogen and oxygen atoms in total. The molecule has 2 rings (SSSR count). The second kappa shape index (κ2) is 4.53. The molecule has 1 N–H and O–H groups in total. The molecule has 0 radical (unpaired) electrons. The van der Waals surface area contributed by atoms with Crippen LogP contribution in [0.5, 0.6) is 0 Å². The molecule has 0 bridgehead atoms. The van der Waals surface area contributed by atoms with Crippen LogP contribution in [0, 0.1) is 5.92 Å². The Morgan fingerprint density at radius 3 is 2.50 bits per heavy atom. The van der Waals surface area contributed by atoms with Gasteiger partial charge in [-0.1, -0.05) is 23.2 Å². The quantitative estimate of drug-likeness (QED) is 0.921. The van der Waals surface area contributed by atoms with Crippen LogP contribution in [0.4, 0.5) is 0 Å². The van der Waals surface area contributed by atoms with Crippen molar-refractivity contribution in [1.82, 2.24) is 4.72 Å². The smallest absolute Gasteiger partial charge is 0.211 e. The fraction of sp³-hybridized carbons (Fsp3) is 0.400. The lowest BCUT2D eigenvalue weighted by atomic mass is 10.4. The Kier molecular flexibility index (Phi) is 3.45. The minimum Gasteiger partial charge on any atom is -0.211 e.